The van der Waals surface area contributed by atoms with Crippen molar-refractivity contribution in [3.63, 3.8) is 0 Å². The van der Waals surface area contributed by atoms with Gasteiger partial charge in [0.25, 0.3) is 0 Å². The Labute approximate surface area is 128 Å². The van der Waals surface area contributed by atoms with Gasteiger partial charge in [-0.05, 0) is 37.1 Å². The number of anilines is 1. The summed E-state index contributed by atoms with van der Waals surface area (Å²) < 4.78 is 4.59. The first-order chi connectivity index (χ1) is 10.6. The Balaban J connectivity index is 1.79. The minimum atomic E-state index is -0.460. The molecule has 0 atom stereocenters. The molecule has 2 N–H and O–H groups in total. The van der Waals surface area contributed by atoms with E-state index in [1.54, 1.807) is 29.2 Å². The molecule has 0 aliphatic carbocycles. The largest absolute Gasteiger partial charge is 0.465 e. The Morgan fingerprint density at radius 2 is 1.77 bits per heavy atom. The third-order valence-electron chi connectivity index (χ3n) is 3.42. The van der Waals surface area contributed by atoms with E-state index in [4.69, 9.17) is 0 Å². The van der Waals surface area contributed by atoms with Crippen LogP contribution in [0.3, 0.4) is 0 Å². The van der Waals surface area contributed by atoms with E-state index in [2.05, 4.69) is 15.4 Å². The van der Waals surface area contributed by atoms with Gasteiger partial charge >= 0.3 is 12.0 Å². The SMILES string of the molecule is COC(=O)c1ccc(NC(=O)NCC(=O)N2CCCC2)cc1. The fourth-order valence-electron chi connectivity index (χ4n) is 2.22. The average Bonchev–Trinajstić information content (AvgIpc) is 3.07. The van der Waals surface area contributed by atoms with Crippen LogP contribution in [0.5, 0.6) is 0 Å². The summed E-state index contributed by atoms with van der Waals surface area (Å²) in [5, 5.41) is 5.12. The van der Waals surface area contributed by atoms with Gasteiger partial charge in [0.2, 0.25) is 5.91 Å². The molecule has 1 aliphatic heterocycles. The van der Waals surface area contributed by atoms with Crippen molar-refractivity contribution in [3.8, 4) is 0 Å². The monoisotopic (exact) mass is 305 g/mol. The number of carbonyl (C=O) groups excluding carboxylic acids is 3. The number of benzene rings is 1. The summed E-state index contributed by atoms with van der Waals surface area (Å²) in [6.45, 7) is 1.50. The standard InChI is InChI=1S/C15H19N3O4/c1-22-14(20)11-4-6-12(7-5-11)17-15(21)16-10-13(19)18-8-2-3-9-18/h4-7H,2-3,8-10H2,1H3,(H2,16,17,21). The highest BCUT2D eigenvalue weighted by Crippen LogP contribution is 2.10. The van der Waals surface area contributed by atoms with Gasteiger partial charge in [0.1, 0.15) is 0 Å². The van der Waals surface area contributed by atoms with Gasteiger partial charge in [-0.2, -0.15) is 0 Å². The first-order valence-corrected chi connectivity index (χ1v) is 7.11. The van der Waals surface area contributed by atoms with Crippen LogP contribution in [0.25, 0.3) is 0 Å². The molecular weight excluding hydrogens is 286 g/mol. The molecule has 2 rings (SSSR count). The molecule has 0 aromatic heterocycles. The van der Waals surface area contributed by atoms with Crippen LogP contribution in [-0.2, 0) is 9.53 Å². The Morgan fingerprint density at radius 1 is 1.14 bits per heavy atom. The molecule has 7 heteroatoms. The van der Waals surface area contributed by atoms with Gasteiger partial charge in [0.05, 0.1) is 19.2 Å². The van der Waals surface area contributed by atoms with E-state index in [1.807, 2.05) is 0 Å². The number of hydrogen-bond donors (Lipinski definition) is 2. The number of nitrogens with one attached hydrogen (secondary N) is 2. The van der Waals surface area contributed by atoms with Crippen molar-refractivity contribution in [2.24, 2.45) is 0 Å². The highest BCUT2D eigenvalue weighted by molar-refractivity contribution is 5.93. The van der Waals surface area contributed by atoms with Crippen LogP contribution >= 0.6 is 0 Å². The van der Waals surface area contributed by atoms with Crippen molar-refractivity contribution in [2.45, 2.75) is 12.8 Å². The molecule has 0 unspecified atom stereocenters. The topological polar surface area (TPSA) is 87.7 Å². The molecule has 1 aromatic carbocycles. The van der Waals surface area contributed by atoms with E-state index in [1.165, 1.54) is 7.11 Å². The van der Waals surface area contributed by atoms with Crippen molar-refractivity contribution in [3.05, 3.63) is 29.8 Å². The number of amides is 3. The van der Waals surface area contributed by atoms with Gasteiger partial charge in [0, 0.05) is 18.8 Å². The van der Waals surface area contributed by atoms with Crippen molar-refractivity contribution in [2.75, 3.05) is 32.1 Å². The zero-order valence-corrected chi connectivity index (χ0v) is 12.4. The van der Waals surface area contributed by atoms with Crippen LogP contribution in [0.2, 0.25) is 0 Å². The maximum absolute atomic E-state index is 11.8. The summed E-state index contributed by atoms with van der Waals surface area (Å²) in [5.41, 5.74) is 0.927. The van der Waals surface area contributed by atoms with E-state index in [0.717, 1.165) is 25.9 Å². The van der Waals surface area contributed by atoms with Crippen molar-refractivity contribution >= 4 is 23.6 Å². The van der Waals surface area contributed by atoms with E-state index < -0.39 is 12.0 Å². The second-order valence-electron chi connectivity index (χ2n) is 4.96. The highest BCUT2D eigenvalue weighted by atomic mass is 16.5. The zero-order chi connectivity index (χ0) is 15.9. The number of esters is 1. The quantitative estimate of drug-likeness (QED) is 0.819. The Hall–Kier alpha value is -2.57. The second-order valence-corrected chi connectivity index (χ2v) is 4.96. The van der Waals surface area contributed by atoms with Crippen molar-refractivity contribution < 1.29 is 19.1 Å². The fraction of sp³-hybridized carbons (Fsp3) is 0.400. The van der Waals surface area contributed by atoms with E-state index in [-0.39, 0.29) is 12.5 Å². The summed E-state index contributed by atoms with van der Waals surface area (Å²) in [4.78, 5) is 36.5. The summed E-state index contributed by atoms with van der Waals surface area (Å²) in [6, 6.07) is 5.83. The number of ether oxygens (including phenoxy) is 1. The van der Waals surface area contributed by atoms with Gasteiger partial charge in [-0.25, -0.2) is 9.59 Å². The van der Waals surface area contributed by atoms with Gasteiger partial charge in [0.15, 0.2) is 0 Å². The van der Waals surface area contributed by atoms with E-state index >= 15 is 0 Å². The van der Waals surface area contributed by atoms with Gasteiger partial charge < -0.3 is 20.3 Å². The van der Waals surface area contributed by atoms with Crippen LogP contribution in [-0.4, -0.2) is 49.6 Å². The molecule has 1 heterocycles. The van der Waals surface area contributed by atoms with E-state index in [9.17, 15) is 14.4 Å². The van der Waals surface area contributed by atoms with Crippen LogP contribution in [0.4, 0.5) is 10.5 Å². The minimum absolute atomic E-state index is 0.0217. The molecular formula is C15H19N3O4. The molecule has 1 saturated heterocycles. The molecule has 1 aliphatic rings. The molecule has 1 aromatic rings. The van der Waals surface area contributed by atoms with Gasteiger partial charge in [-0.1, -0.05) is 0 Å². The number of likely N-dealkylation sites (tertiary alicyclic amines) is 1. The lowest BCUT2D eigenvalue weighted by molar-refractivity contribution is -0.128. The number of methoxy groups -OCH3 is 1. The fourth-order valence-corrected chi connectivity index (χ4v) is 2.22. The molecule has 1 fully saturated rings. The Bertz CT molecular complexity index is 550. The predicted octanol–water partition coefficient (Wildman–Crippen LogP) is 1.22. The van der Waals surface area contributed by atoms with E-state index in [0.29, 0.717) is 11.3 Å². The first-order valence-electron chi connectivity index (χ1n) is 7.11. The number of hydrogen-bond acceptors (Lipinski definition) is 4. The molecule has 0 spiro atoms. The third-order valence-corrected chi connectivity index (χ3v) is 3.42. The average molecular weight is 305 g/mol. The Morgan fingerprint density at radius 3 is 2.36 bits per heavy atom. The van der Waals surface area contributed by atoms with Crippen LogP contribution in [0.15, 0.2) is 24.3 Å². The van der Waals surface area contributed by atoms with Crippen LogP contribution < -0.4 is 10.6 Å². The van der Waals surface area contributed by atoms with Crippen LogP contribution in [0, 0.1) is 0 Å². The second kappa shape index (κ2) is 7.44. The number of rotatable bonds is 4. The van der Waals surface area contributed by atoms with Crippen LogP contribution in [0.1, 0.15) is 23.2 Å². The minimum Gasteiger partial charge on any atom is -0.465 e. The molecule has 22 heavy (non-hydrogen) atoms. The molecule has 0 bridgehead atoms. The van der Waals surface area contributed by atoms with Gasteiger partial charge in [-0.3, -0.25) is 4.79 Å². The predicted molar refractivity (Wildman–Crippen MR) is 80.6 cm³/mol. The smallest absolute Gasteiger partial charge is 0.337 e. The first kappa shape index (κ1) is 15.8. The van der Waals surface area contributed by atoms with Crippen molar-refractivity contribution in [1.29, 1.82) is 0 Å². The normalized spacial score (nSPS) is 13.6. The summed E-state index contributed by atoms with van der Waals surface area (Å²) in [7, 11) is 1.30. The lowest BCUT2D eigenvalue weighted by atomic mass is 10.2. The van der Waals surface area contributed by atoms with Crippen molar-refractivity contribution in [1.82, 2.24) is 10.2 Å². The molecule has 3 amide bonds. The maximum atomic E-state index is 11.8. The summed E-state index contributed by atoms with van der Waals surface area (Å²) in [5.74, 6) is -0.513. The highest BCUT2D eigenvalue weighted by Gasteiger charge is 2.18. The number of nitrogens with zero attached hydrogens (tertiary/aromatic N) is 1. The molecule has 7 nitrogen and oxygen atoms in total. The summed E-state index contributed by atoms with van der Waals surface area (Å²) in [6.07, 6.45) is 2.04. The summed E-state index contributed by atoms with van der Waals surface area (Å²) >= 11 is 0. The molecule has 0 saturated carbocycles. The number of carbonyl (C=O) groups is 3. The Kier molecular flexibility index (Phi) is 5.35. The zero-order valence-electron chi connectivity index (χ0n) is 12.4. The molecule has 118 valence electrons. The molecule has 0 radical (unpaired) electrons. The lowest BCUT2D eigenvalue weighted by Gasteiger charge is -2.15. The third kappa shape index (κ3) is 4.21. The van der Waals surface area contributed by atoms with Gasteiger partial charge in [-0.15, -0.1) is 0 Å². The number of urea groups is 1. The maximum Gasteiger partial charge on any atom is 0.337 e. The lowest BCUT2D eigenvalue weighted by Crippen LogP contribution is -2.40.